The van der Waals surface area contributed by atoms with E-state index in [-0.39, 0.29) is 11.5 Å². The Balaban J connectivity index is 2.42. The predicted molar refractivity (Wildman–Crippen MR) is 82.3 cm³/mol. The van der Waals surface area contributed by atoms with Crippen LogP contribution >= 0.6 is 11.8 Å². The maximum absolute atomic E-state index is 11.2. The van der Waals surface area contributed by atoms with E-state index >= 15 is 0 Å². The Hall–Kier alpha value is -2.15. The normalized spacial score (nSPS) is 11.4. The molecule has 110 valence electrons. The molecule has 6 nitrogen and oxygen atoms in total. The number of thioether (sulfide) groups is 1. The quantitative estimate of drug-likeness (QED) is 0.678. The van der Waals surface area contributed by atoms with Gasteiger partial charge in [0.25, 0.3) is 0 Å². The van der Waals surface area contributed by atoms with Crippen LogP contribution in [0.2, 0.25) is 0 Å². The van der Waals surface area contributed by atoms with Gasteiger partial charge in [-0.2, -0.15) is 9.78 Å². The molecule has 2 rings (SSSR count). The van der Waals surface area contributed by atoms with Crippen LogP contribution in [0.4, 0.5) is 0 Å². The van der Waals surface area contributed by atoms with Crippen molar-refractivity contribution in [1.82, 2.24) is 14.9 Å². The molecule has 0 fully saturated rings. The molecule has 0 amide bonds. The van der Waals surface area contributed by atoms with Gasteiger partial charge >= 0.3 is 5.97 Å². The second kappa shape index (κ2) is 6.53. The van der Waals surface area contributed by atoms with E-state index in [2.05, 4.69) is 15.3 Å². The Labute approximate surface area is 126 Å². The predicted octanol–water partition coefficient (Wildman–Crippen LogP) is 2.70. The molecule has 0 bridgehead atoms. The summed E-state index contributed by atoms with van der Waals surface area (Å²) < 4.78 is 1.65. The minimum Gasteiger partial charge on any atom is -0.478 e. The number of nitrogens with zero attached hydrogens (tertiary/aromatic N) is 4. The molecule has 1 aromatic carbocycles. The number of aromatic carboxylic acids is 1. The molecule has 0 saturated carbocycles. The van der Waals surface area contributed by atoms with Crippen LogP contribution in [0.25, 0.3) is 0 Å². The van der Waals surface area contributed by atoms with E-state index in [1.54, 1.807) is 28.9 Å². The fourth-order valence-electron chi connectivity index (χ4n) is 1.80. The van der Waals surface area contributed by atoms with Crippen LogP contribution in [-0.2, 0) is 0 Å². The third kappa shape index (κ3) is 3.30. The van der Waals surface area contributed by atoms with Gasteiger partial charge < -0.3 is 5.11 Å². The lowest BCUT2D eigenvalue weighted by molar-refractivity contribution is 0.0697. The zero-order chi connectivity index (χ0) is 15.4. The van der Waals surface area contributed by atoms with Crippen LogP contribution in [0.1, 0.15) is 41.5 Å². The van der Waals surface area contributed by atoms with Crippen LogP contribution in [0.3, 0.4) is 0 Å². The maximum atomic E-state index is 11.2. The van der Waals surface area contributed by atoms with Gasteiger partial charge in [0.1, 0.15) is 0 Å². The van der Waals surface area contributed by atoms with Crippen molar-refractivity contribution < 1.29 is 9.90 Å². The summed E-state index contributed by atoms with van der Waals surface area (Å²) in [6.45, 7) is 4.01. The lowest BCUT2D eigenvalue weighted by atomic mass is 10.1. The SMILES string of the molecule is CSc1nnc(C(C)C)n1/N=C\c1ccccc1C(=O)O. The summed E-state index contributed by atoms with van der Waals surface area (Å²) in [5.41, 5.74) is 0.756. The minimum atomic E-state index is -0.977. The van der Waals surface area contributed by atoms with Gasteiger partial charge in [0.15, 0.2) is 5.82 Å². The van der Waals surface area contributed by atoms with E-state index in [0.717, 1.165) is 5.82 Å². The molecule has 0 unspecified atom stereocenters. The topological polar surface area (TPSA) is 80.4 Å². The Morgan fingerprint density at radius 1 is 1.38 bits per heavy atom. The lowest BCUT2D eigenvalue weighted by Crippen LogP contribution is -2.04. The maximum Gasteiger partial charge on any atom is 0.336 e. The molecule has 0 spiro atoms. The van der Waals surface area contributed by atoms with Crippen molar-refractivity contribution in [2.45, 2.75) is 24.9 Å². The largest absolute Gasteiger partial charge is 0.478 e. The number of aromatic nitrogens is 3. The minimum absolute atomic E-state index is 0.172. The number of hydrogen-bond donors (Lipinski definition) is 1. The van der Waals surface area contributed by atoms with E-state index in [1.807, 2.05) is 20.1 Å². The monoisotopic (exact) mass is 304 g/mol. The second-order valence-corrected chi connectivity index (χ2v) is 5.42. The Bertz CT molecular complexity index is 679. The third-order valence-corrected chi connectivity index (χ3v) is 3.46. The second-order valence-electron chi connectivity index (χ2n) is 4.65. The van der Waals surface area contributed by atoms with Crippen LogP contribution in [0.15, 0.2) is 34.5 Å². The molecule has 0 atom stereocenters. The molecule has 7 heteroatoms. The standard InChI is InChI=1S/C14H16N4O2S/c1-9(2)12-16-17-14(21-3)18(12)15-8-10-6-4-5-7-11(10)13(19)20/h4-9H,1-3H3,(H,19,20)/b15-8-. The first-order valence-corrected chi connectivity index (χ1v) is 7.63. The molecule has 0 saturated heterocycles. The molecule has 0 aliphatic rings. The average molecular weight is 304 g/mol. The van der Waals surface area contributed by atoms with Crippen molar-refractivity contribution in [2.75, 3.05) is 6.26 Å². The highest BCUT2D eigenvalue weighted by atomic mass is 32.2. The summed E-state index contributed by atoms with van der Waals surface area (Å²) in [5.74, 6) is -0.0661. The van der Waals surface area contributed by atoms with Crippen LogP contribution < -0.4 is 0 Å². The van der Waals surface area contributed by atoms with E-state index < -0.39 is 5.97 Å². The number of rotatable bonds is 5. The van der Waals surface area contributed by atoms with E-state index in [1.165, 1.54) is 18.0 Å². The summed E-state index contributed by atoms with van der Waals surface area (Å²) in [6.07, 6.45) is 3.42. The van der Waals surface area contributed by atoms with Gasteiger partial charge in [0.05, 0.1) is 11.8 Å². The highest BCUT2D eigenvalue weighted by molar-refractivity contribution is 7.98. The summed E-state index contributed by atoms with van der Waals surface area (Å²) in [7, 11) is 0. The number of carboxylic acid groups (broad SMARTS) is 1. The Morgan fingerprint density at radius 3 is 2.71 bits per heavy atom. The first-order valence-electron chi connectivity index (χ1n) is 6.40. The molecule has 21 heavy (non-hydrogen) atoms. The van der Waals surface area contributed by atoms with Gasteiger partial charge in [-0.1, -0.05) is 43.8 Å². The number of carboxylic acids is 1. The van der Waals surface area contributed by atoms with Gasteiger partial charge in [-0.25, -0.2) is 4.79 Å². The highest BCUT2D eigenvalue weighted by Crippen LogP contribution is 2.19. The zero-order valence-corrected chi connectivity index (χ0v) is 12.8. The van der Waals surface area contributed by atoms with E-state index in [4.69, 9.17) is 5.11 Å². The zero-order valence-electron chi connectivity index (χ0n) is 12.0. The average Bonchev–Trinajstić information content (AvgIpc) is 2.88. The van der Waals surface area contributed by atoms with Gasteiger partial charge in [-0.05, 0) is 12.3 Å². The van der Waals surface area contributed by atoms with Crippen LogP contribution in [0, 0.1) is 0 Å². The highest BCUT2D eigenvalue weighted by Gasteiger charge is 2.14. The molecule has 0 aliphatic heterocycles. The van der Waals surface area contributed by atoms with Gasteiger partial charge in [-0.15, -0.1) is 10.2 Å². The lowest BCUT2D eigenvalue weighted by Gasteiger charge is -2.05. The Morgan fingerprint density at radius 2 is 2.10 bits per heavy atom. The van der Waals surface area contributed by atoms with Gasteiger partial charge in [0, 0.05) is 11.5 Å². The van der Waals surface area contributed by atoms with E-state index in [0.29, 0.717) is 10.7 Å². The number of benzene rings is 1. The van der Waals surface area contributed by atoms with Crippen molar-refractivity contribution >= 4 is 23.9 Å². The van der Waals surface area contributed by atoms with E-state index in [9.17, 15) is 4.79 Å². The third-order valence-electron chi connectivity index (χ3n) is 2.84. The summed E-state index contributed by atoms with van der Waals surface area (Å²) in [5, 5.41) is 22.4. The molecule has 0 radical (unpaired) electrons. The summed E-state index contributed by atoms with van der Waals surface area (Å²) in [4.78, 5) is 11.2. The smallest absolute Gasteiger partial charge is 0.336 e. The summed E-state index contributed by atoms with van der Waals surface area (Å²) in [6, 6.07) is 6.73. The van der Waals surface area contributed by atoms with Crippen molar-refractivity contribution in [2.24, 2.45) is 5.10 Å². The van der Waals surface area contributed by atoms with Crippen LogP contribution in [-0.4, -0.2) is 38.4 Å². The van der Waals surface area contributed by atoms with Crippen molar-refractivity contribution in [3.05, 3.63) is 41.2 Å². The first kappa shape index (κ1) is 15.2. The molecule has 0 aliphatic carbocycles. The summed E-state index contributed by atoms with van der Waals surface area (Å²) >= 11 is 1.44. The molecule has 2 aromatic rings. The molecule has 1 aromatic heterocycles. The molecule has 1 N–H and O–H groups in total. The van der Waals surface area contributed by atoms with Crippen LogP contribution in [0.5, 0.6) is 0 Å². The van der Waals surface area contributed by atoms with Crippen molar-refractivity contribution in [3.8, 4) is 0 Å². The Kier molecular flexibility index (Phi) is 4.74. The van der Waals surface area contributed by atoms with Gasteiger partial charge in [0.2, 0.25) is 5.16 Å². The van der Waals surface area contributed by atoms with Gasteiger partial charge in [-0.3, -0.25) is 0 Å². The molecular weight excluding hydrogens is 288 g/mol. The number of hydrogen-bond acceptors (Lipinski definition) is 5. The fraction of sp³-hybridized carbons (Fsp3) is 0.286. The van der Waals surface area contributed by atoms with Crippen molar-refractivity contribution in [3.63, 3.8) is 0 Å². The molecule has 1 heterocycles. The number of carbonyl (C=O) groups is 1. The molecular formula is C14H16N4O2S. The first-order chi connectivity index (χ1) is 10.0. The van der Waals surface area contributed by atoms with Crippen molar-refractivity contribution in [1.29, 1.82) is 0 Å². The fourth-order valence-corrected chi connectivity index (χ4v) is 2.23.